The second-order valence-corrected chi connectivity index (χ2v) is 28.3. The van der Waals surface area contributed by atoms with E-state index in [-0.39, 0.29) is 31.6 Å². The van der Waals surface area contributed by atoms with Crippen molar-refractivity contribution in [2.75, 3.05) is 13.2 Å². The summed E-state index contributed by atoms with van der Waals surface area (Å²) in [6.45, 7) is 11.7. The number of aliphatic hydroxyl groups excluding tert-OH is 3. The van der Waals surface area contributed by atoms with Crippen LogP contribution in [0.5, 0.6) is 0 Å². The highest BCUT2D eigenvalue weighted by Crippen LogP contribution is 2.16. The minimum Gasteiger partial charge on any atom is -0.481 e. The first kappa shape index (κ1) is 101. The molecular weight excluding hydrogens is 1510 g/mol. The molecule has 114 heavy (non-hydrogen) atoms. The van der Waals surface area contributed by atoms with Gasteiger partial charge in [0.15, 0.2) is 0 Å². The van der Waals surface area contributed by atoms with Crippen LogP contribution in [0.3, 0.4) is 0 Å². The van der Waals surface area contributed by atoms with E-state index < -0.39 is 292 Å². The van der Waals surface area contributed by atoms with Crippen LogP contribution in [0.15, 0.2) is 30.3 Å². The number of aliphatic hydroxyl groups is 3. The number of carboxylic acids is 5. The number of carboxylic acid groups (broad SMARTS) is 5. The fourth-order valence-electron chi connectivity index (χ4n) is 11.0. The molecule has 1 unspecified atom stereocenters. The summed E-state index contributed by atoms with van der Waals surface area (Å²) in [5.74, 6) is -25.3. The molecule has 0 spiro atoms. The third kappa shape index (κ3) is 38.5. The molecule has 0 heterocycles. The van der Waals surface area contributed by atoms with Crippen molar-refractivity contribution in [3.05, 3.63) is 35.9 Å². The number of carbonyl (C=O) groups excluding carboxylic acids is 14. The van der Waals surface area contributed by atoms with Crippen LogP contribution in [0, 0.1) is 17.8 Å². The largest absolute Gasteiger partial charge is 0.481 e. The van der Waals surface area contributed by atoms with Crippen LogP contribution in [0.25, 0.3) is 0 Å². The zero-order chi connectivity index (χ0) is 87.0. The Bertz CT molecular complexity index is 3480. The number of aliphatic carboxylic acids is 5. The van der Waals surface area contributed by atoms with Crippen molar-refractivity contribution in [2.45, 2.75) is 262 Å². The van der Waals surface area contributed by atoms with Crippen molar-refractivity contribution >= 4 is 113 Å². The molecule has 0 aliphatic carbocycles. The lowest BCUT2D eigenvalue weighted by molar-refractivity contribution is -0.143. The summed E-state index contributed by atoms with van der Waals surface area (Å²) in [4.78, 5) is 250. The second-order valence-electron chi connectivity index (χ2n) is 28.3. The molecule has 27 N–H and O–H groups in total. The Morgan fingerprint density at radius 1 is 0.412 bits per heavy atom. The van der Waals surface area contributed by atoms with E-state index in [1.54, 1.807) is 51.1 Å². The molecule has 43 heteroatoms. The van der Waals surface area contributed by atoms with Gasteiger partial charge in [0, 0.05) is 32.1 Å². The smallest absolute Gasteiger partial charge is 0.326 e. The fourth-order valence-corrected chi connectivity index (χ4v) is 11.0. The molecule has 0 bridgehead atoms. The second kappa shape index (κ2) is 51.6. The number of rotatable bonds is 56. The molecule has 0 saturated heterocycles. The number of nitrogens with one attached hydrogen (secondary N) is 13. The Hall–Kier alpha value is -11.1. The molecule has 14 amide bonds. The standard InChI is InChI=1S/C71H114N16O27/c1-10-35(6)57(86-65(107)44(22-26-55(99)100)78-62(104)42(20-24-53(95)96)80-70(112)58(38(9)89)87-61(103)40(73)18-14-15-27-72)69(111)84-48(32-88)67(109)79-43(21-25-54(97)98)64(106)85-56(34(4)5)68(110)82-46(30-50(74)91)66(108)81-45(28-33(2)3)49(90)31-51(92)75-36(7)59(101)76-37(8)60(102)77-41(19-23-52(93)94)63(105)83-47(71(113)114)29-39-16-12-11-13-17-39/h11-13,16-17,33-38,40-49,56-58,88-90H,10,14-15,18-32,72-73H2,1-9H3,(H2,74,91)(H,75,92)(H,76,101)(H,77,102)(H,78,104)(H,79,109)(H,80,112)(H,81,108)(H,82,110)(H,83,105)(H,84,111)(H,85,106)(H,86,107)(H,87,103)(H,93,94)(H,95,96)(H,97,98)(H,99,100)(H,113,114)/t35-,36-,37-,38+,40-,41-,42-,43-,44-,45?,46-,47-,48-,49-,56-,57-,58-/m0/s1. The number of amides is 14. The maximum absolute atomic E-state index is 14.2. The molecule has 1 aromatic carbocycles. The molecule has 0 fully saturated rings. The highest BCUT2D eigenvalue weighted by Gasteiger charge is 2.40. The molecule has 640 valence electrons. The van der Waals surface area contributed by atoms with E-state index in [1.807, 2.05) is 0 Å². The highest BCUT2D eigenvalue weighted by molar-refractivity contribution is 6.00. The number of carbonyl (C=O) groups is 19. The third-order valence-electron chi connectivity index (χ3n) is 17.7. The van der Waals surface area contributed by atoms with E-state index in [4.69, 9.17) is 17.2 Å². The van der Waals surface area contributed by atoms with Crippen molar-refractivity contribution in [1.29, 1.82) is 0 Å². The molecule has 0 radical (unpaired) electrons. The molecule has 43 nitrogen and oxygen atoms in total. The van der Waals surface area contributed by atoms with Gasteiger partial charge in [-0.1, -0.05) is 84.7 Å². The lowest BCUT2D eigenvalue weighted by Gasteiger charge is -2.30. The van der Waals surface area contributed by atoms with Gasteiger partial charge in [0.25, 0.3) is 0 Å². The third-order valence-corrected chi connectivity index (χ3v) is 17.7. The van der Waals surface area contributed by atoms with Crippen LogP contribution in [-0.2, 0) is 97.5 Å². The number of nitrogens with two attached hydrogens (primary N) is 3. The van der Waals surface area contributed by atoms with E-state index >= 15 is 0 Å². The molecule has 0 aliphatic heterocycles. The average Bonchev–Trinajstić information content (AvgIpc) is 0.848. The van der Waals surface area contributed by atoms with E-state index in [0.29, 0.717) is 24.9 Å². The minimum atomic E-state index is -2.03. The molecule has 1 aromatic rings. The Balaban J connectivity index is 3.42. The quantitative estimate of drug-likeness (QED) is 0.0270. The van der Waals surface area contributed by atoms with Crippen molar-refractivity contribution in [1.82, 2.24) is 69.1 Å². The lowest BCUT2D eigenvalue weighted by atomic mass is 9.96. The van der Waals surface area contributed by atoms with E-state index in [9.17, 15) is 132 Å². The van der Waals surface area contributed by atoms with Gasteiger partial charge in [-0.3, -0.25) is 86.3 Å². The number of hydrogen-bond acceptors (Lipinski definition) is 24. The van der Waals surface area contributed by atoms with Crippen LogP contribution < -0.4 is 86.3 Å². The number of unbranched alkanes of at least 4 members (excludes halogenated alkanes) is 1. The predicted molar refractivity (Wildman–Crippen MR) is 400 cm³/mol. The van der Waals surface area contributed by atoms with Crippen LogP contribution >= 0.6 is 0 Å². The lowest BCUT2D eigenvalue weighted by Crippen LogP contribution is -2.62. The van der Waals surface area contributed by atoms with Crippen molar-refractivity contribution in [3.63, 3.8) is 0 Å². The fraction of sp³-hybridized carbons (Fsp3) is 0.648. The zero-order valence-electron chi connectivity index (χ0n) is 65.2. The highest BCUT2D eigenvalue weighted by atomic mass is 16.4. The van der Waals surface area contributed by atoms with Crippen molar-refractivity contribution < 1.29 is 132 Å². The Kier molecular flexibility index (Phi) is 45.7. The number of primary amides is 1. The van der Waals surface area contributed by atoms with E-state index in [2.05, 4.69) is 69.1 Å². The summed E-state index contributed by atoms with van der Waals surface area (Å²) < 4.78 is 0. The van der Waals surface area contributed by atoms with Gasteiger partial charge in [-0.05, 0) is 95.6 Å². The minimum absolute atomic E-state index is 0.0733. The summed E-state index contributed by atoms with van der Waals surface area (Å²) in [6, 6.07) is -15.0. The van der Waals surface area contributed by atoms with Crippen molar-refractivity contribution in [2.24, 2.45) is 35.0 Å². The number of hydrogen-bond donors (Lipinski definition) is 24. The molecule has 17 atom stereocenters. The van der Waals surface area contributed by atoms with E-state index in [1.165, 1.54) is 34.6 Å². The number of benzene rings is 1. The Morgan fingerprint density at radius 3 is 1.23 bits per heavy atom. The van der Waals surface area contributed by atoms with Gasteiger partial charge in [-0.15, -0.1) is 0 Å². The first-order chi connectivity index (χ1) is 53.3. The van der Waals surface area contributed by atoms with Gasteiger partial charge in [-0.25, -0.2) is 4.79 Å². The van der Waals surface area contributed by atoms with Gasteiger partial charge < -0.3 is 127 Å². The Morgan fingerprint density at radius 2 is 0.798 bits per heavy atom. The molecule has 0 aliphatic rings. The van der Waals surface area contributed by atoms with Crippen LogP contribution in [0.4, 0.5) is 0 Å². The maximum atomic E-state index is 14.2. The predicted octanol–water partition coefficient (Wildman–Crippen LogP) is -6.68. The topological polar surface area (TPSA) is 721 Å². The molecule has 1 rings (SSSR count). The van der Waals surface area contributed by atoms with Crippen LogP contribution in [0.2, 0.25) is 0 Å². The molecular formula is C71H114N16O27. The monoisotopic (exact) mass is 1620 g/mol. The summed E-state index contributed by atoms with van der Waals surface area (Å²) in [7, 11) is 0. The summed E-state index contributed by atoms with van der Waals surface area (Å²) >= 11 is 0. The van der Waals surface area contributed by atoms with Crippen molar-refractivity contribution in [3.8, 4) is 0 Å². The van der Waals surface area contributed by atoms with Gasteiger partial charge in [0.2, 0.25) is 82.7 Å². The van der Waals surface area contributed by atoms with Crippen LogP contribution in [-0.4, -0.2) is 263 Å². The van der Waals surface area contributed by atoms with Crippen LogP contribution in [0.1, 0.15) is 164 Å². The molecule has 0 aromatic heterocycles. The first-order valence-corrected chi connectivity index (χ1v) is 37.1. The Labute approximate surface area is 657 Å². The average molecular weight is 1620 g/mol. The SMILES string of the molecule is CC[C@H](C)[C@H](NC(=O)[C@H](CCC(=O)O)NC(=O)[C@H](CCC(=O)O)NC(=O)[C@@H](NC(=O)[C@@H](N)CCCCN)[C@@H](C)O)C(=O)N[C@@H](CO)C(=O)N[C@@H](CCC(=O)O)C(=O)N[C@H](C(=O)N[C@@H](CC(N)=O)C(=O)NC(CC(C)C)[C@@H](O)CC(=O)N[C@@H](C)C(=O)N[C@@H](C)C(=O)N[C@@H](CCC(=O)O)C(=O)N[C@@H](Cc1ccccc1)C(=O)O)C(C)C. The summed E-state index contributed by atoms with van der Waals surface area (Å²) in [6.07, 6.45) is -9.87. The molecule has 0 saturated carbocycles. The van der Waals surface area contributed by atoms with E-state index in [0.717, 1.165) is 6.92 Å². The van der Waals surface area contributed by atoms with Gasteiger partial charge in [0.05, 0.1) is 43.7 Å². The first-order valence-electron chi connectivity index (χ1n) is 37.1. The van der Waals surface area contributed by atoms with Gasteiger partial charge in [-0.2, -0.15) is 0 Å². The van der Waals surface area contributed by atoms with Gasteiger partial charge in [0.1, 0.15) is 72.5 Å². The van der Waals surface area contributed by atoms with Gasteiger partial charge >= 0.3 is 29.8 Å². The maximum Gasteiger partial charge on any atom is 0.326 e. The normalized spacial score (nSPS) is 15.6. The summed E-state index contributed by atoms with van der Waals surface area (Å²) in [5, 5.41) is 110. The summed E-state index contributed by atoms with van der Waals surface area (Å²) in [5.41, 5.74) is 17.5. The zero-order valence-corrected chi connectivity index (χ0v) is 65.2.